The van der Waals surface area contributed by atoms with E-state index in [9.17, 15) is 0 Å². The Labute approximate surface area is 119 Å². The second-order valence-corrected chi connectivity index (χ2v) is 4.32. The summed E-state index contributed by atoms with van der Waals surface area (Å²) in [5.41, 5.74) is 0.767. The van der Waals surface area contributed by atoms with Crippen molar-refractivity contribution in [3.63, 3.8) is 0 Å². The largest absolute Gasteiger partial charge is 0.497 e. The molecule has 20 heavy (non-hydrogen) atoms. The molecule has 0 aliphatic heterocycles. The fourth-order valence-electron chi connectivity index (χ4n) is 1.77. The molecule has 0 unspecified atom stereocenters. The average molecular weight is 288 g/mol. The Kier molecular flexibility index (Phi) is 3.30. The number of methoxy groups -OCH3 is 1. The van der Waals surface area contributed by atoms with Crippen molar-refractivity contribution in [3.8, 4) is 5.75 Å². The molecule has 1 aromatic carbocycles. The summed E-state index contributed by atoms with van der Waals surface area (Å²) in [7, 11) is 1.61. The second kappa shape index (κ2) is 5.26. The van der Waals surface area contributed by atoms with Gasteiger partial charge in [0.15, 0.2) is 0 Å². The van der Waals surface area contributed by atoms with Gasteiger partial charge in [-0.3, -0.25) is 0 Å². The summed E-state index contributed by atoms with van der Waals surface area (Å²) in [6.45, 7) is 0. The van der Waals surface area contributed by atoms with Crippen molar-refractivity contribution >= 4 is 34.3 Å². The monoisotopic (exact) mass is 287 g/mol. The quantitative estimate of drug-likeness (QED) is 0.747. The van der Waals surface area contributed by atoms with Crippen LogP contribution in [-0.2, 0) is 0 Å². The van der Waals surface area contributed by atoms with Gasteiger partial charge in [0.05, 0.1) is 12.6 Å². The number of nitrogens with zero attached hydrogens (tertiary/aromatic N) is 4. The lowest BCUT2D eigenvalue weighted by atomic mass is 10.2. The van der Waals surface area contributed by atoms with E-state index in [1.54, 1.807) is 19.4 Å². The molecule has 0 bridgehead atoms. The Morgan fingerprint density at radius 1 is 1.15 bits per heavy atom. The van der Waals surface area contributed by atoms with E-state index in [0.717, 1.165) is 16.7 Å². The van der Waals surface area contributed by atoms with E-state index < -0.39 is 0 Å². The summed E-state index contributed by atoms with van der Waals surface area (Å²) >= 11 is 5.83. The maximum atomic E-state index is 5.83. The Hall–Kier alpha value is -2.47. The predicted molar refractivity (Wildman–Crippen MR) is 76.4 cm³/mol. The Balaban J connectivity index is 2.03. The van der Waals surface area contributed by atoms with Gasteiger partial charge in [-0.1, -0.05) is 11.6 Å². The first-order chi connectivity index (χ1) is 9.76. The molecule has 7 heteroatoms. The minimum Gasteiger partial charge on any atom is -0.497 e. The van der Waals surface area contributed by atoms with Crippen LogP contribution in [0.3, 0.4) is 0 Å². The third-order valence-electron chi connectivity index (χ3n) is 2.70. The Bertz CT molecular complexity index is 765. The van der Waals surface area contributed by atoms with Crippen LogP contribution in [0.15, 0.2) is 36.8 Å². The minimum absolute atomic E-state index is 0.363. The van der Waals surface area contributed by atoms with Gasteiger partial charge in [0, 0.05) is 17.6 Å². The summed E-state index contributed by atoms with van der Waals surface area (Å²) in [6, 6.07) is 7.16. The van der Waals surface area contributed by atoms with Gasteiger partial charge >= 0.3 is 0 Å². The number of nitrogens with one attached hydrogen (secondary N) is 1. The molecule has 6 nitrogen and oxygen atoms in total. The van der Waals surface area contributed by atoms with Crippen molar-refractivity contribution < 1.29 is 4.74 Å². The summed E-state index contributed by atoms with van der Waals surface area (Å²) in [6.07, 6.45) is 3.04. The van der Waals surface area contributed by atoms with Crippen molar-refractivity contribution in [3.05, 3.63) is 41.9 Å². The van der Waals surface area contributed by atoms with E-state index in [-0.39, 0.29) is 0 Å². The fourth-order valence-corrected chi connectivity index (χ4v) is 1.90. The van der Waals surface area contributed by atoms with Crippen LogP contribution >= 0.6 is 11.6 Å². The lowest BCUT2D eigenvalue weighted by Gasteiger charge is -2.07. The van der Waals surface area contributed by atoms with Gasteiger partial charge in [-0.15, -0.1) is 0 Å². The number of anilines is 2. The molecule has 0 saturated carbocycles. The summed E-state index contributed by atoms with van der Waals surface area (Å²) in [5, 5.41) is 4.23. The second-order valence-electron chi connectivity index (χ2n) is 3.93. The molecule has 0 aliphatic carbocycles. The zero-order valence-electron chi connectivity index (χ0n) is 10.5. The molecule has 3 aromatic rings. The standard InChI is InChI=1S/C13H10ClN5O/c1-20-8-2-3-9-10(6-8)16-7-17-12(9)19-13-15-5-4-11(14)18-13/h2-7H,1H3,(H,15,16,17,18,19). The van der Waals surface area contributed by atoms with Crippen LogP contribution in [0.4, 0.5) is 11.8 Å². The molecule has 1 N–H and O–H groups in total. The first-order valence-corrected chi connectivity index (χ1v) is 6.18. The highest BCUT2D eigenvalue weighted by Gasteiger charge is 2.06. The average Bonchev–Trinajstić information content (AvgIpc) is 2.47. The van der Waals surface area contributed by atoms with E-state index in [1.165, 1.54) is 6.33 Å². The highest BCUT2D eigenvalue weighted by Crippen LogP contribution is 2.25. The van der Waals surface area contributed by atoms with Gasteiger partial charge < -0.3 is 10.1 Å². The summed E-state index contributed by atoms with van der Waals surface area (Å²) in [5.74, 6) is 1.73. The number of aromatic nitrogens is 4. The Morgan fingerprint density at radius 2 is 2.05 bits per heavy atom. The topological polar surface area (TPSA) is 72.8 Å². The molecular formula is C13H10ClN5O. The number of rotatable bonds is 3. The first kappa shape index (κ1) is 12.6. The maximum Gasteiger partial charge on any atom is 0.229 e. The molecule has 0 amide bonds. The molecule has 2 heterocycles. The molecule has 0 radical (unpaired) electrons. The van der Waals surface area contributed by atoms with Gasteiger partial charge in [-0.05, 0) is 18.2 Å². The van der Waals surface area contributed by atoms with Crippen molar-refractivity contribution in [2.24, 2.45) is 0 Å². The maximum absolute atomic E-state index is 5.83. The highest BCUT2D eigenvalue weighted by atomic mass is 35.5. The van der Waals surface area contributed by atoms with E-state index in [0.29, 0.717) is 16.9 Å². The van der Waals surface area contributed by atoms with Gasteiger partial charge in [0.1, 0.15) is 23.0 Å². The Morgan fingerprint density at radius 3 is 2.85 bits per heavy atom. The van der Waals surface area contributed by atoms with E-state index in [4.69, 9.17) is 16.3 Å². The smallest absolute Gasteiger partial charge is 0.229 e. The van der Waals surface area contributed by atoms with Crippen LogP contribution < -0.4 is 10.1 Å². The number of hydrogen-bond acceptors (Lipinski definition) is 6. The third-order valence-corrected chi connectivity index (χ3v) is 2.91. The number of hydrogen-bond donors (Lipinski definition) is 1. The van der Waals surface area contributed by atoms with Crippen LogP contribution in [0.1, 0.15) is 0 Å². The van der Waals surface area contributed by atoms with Gasteiger partial charge in [-0.2, -0.15) is 0 Å². The van der Waals surface area contributed by atoms with Crippen molar-refractivity contribution in [1.29, 1.82) is 0 Å². The normalized spacial score (nSPS) is 10.5. The molecule has 0 saturated heterocycles. The molecule has 0 aliphatic rings. The molecule has 100 valence electrons. The lowest BCUT2D eigenvalue weighted by Crippen LogP contribution is -2.00. The SMILES string of the molecule is COc1ccc2c(Nc3nccc(Cl)n3)ncnc2c1. The number of fused-ring (bicyclic) bond motifs is 1. The molecular weight excluding hydrogens is 278 g/mol. The minimum atomic E-state index is 0.363. The predicted octanol–water partition coefficient (Wildman–Crippen LogP) is 2.83. The van der Waals surface area contributed by atoms with Crippen molar-refractivity contribution in [1.82, 2.24) is 19.9 Å². The molecule has 0 atom stereocenters. The van der Waals surface area contributed by atoms with Crippen molar-refractivity contribution in [2.45, 2.75) is 0 Å². The van der Waals surface area contributed by atoms with Gasteiger partial charge in [0.25, 0.3) is 0 Å². The highest BCUT2D eigenvalue weighted by molar-refractivity contribution is 6.29. The lowest BCUT2D eigenvalue weighted by molar-refractivity contribution is 0.415. The van der Waals surface area contributed by atoms with Crippen molar-refractivity contribution in [2.75, 3.05) is 12.4 Å². The zero-order valence-corrected chi connectivity index (χ0v) is 11.3. The first-order valence-electron chi connectivity index (χ1n) is 5.80. The molecule has 0 spiro atoms. The number of halogens is 1. The van der Waals surface area contributed by atoms with Gasteiger partial charge in [-0.25, -0.2) is 19.9 Å². The third kappa shape index (κ3) is 2.46. The van der Waals surface area contributed by atoms with Crippen LogP contribution in [0.5, 0.6) is 5.75 Å². The van der Waals surface area contributed by atoms with Crippen LogP contribution in [0.2, 0.25) is 5.15 Å². The zero-order chi connectivity index (χ0) is 13.9. The van der Waals surface area contributed by atoms with Crippen LogP contribution in [0.25, 0.3) is 10.9 Å². The summed E-state index contributed by atoms with van der Waals surface area (Å²) in [4.78, 5) is 16.6. The van der Waals surface area contributed by atoms with Crippen LogP contribution in [0, 0.1) is 0 Å². The van der Waals surface area contributed by atoms with E-state index in [2.05, 4.69) is 25.3 Å². The number of benzene rings is 1. The van der Waals surface area contributed by atoms with E-state index >= 15 is 0 Å². The molecule has 0 fully saturated rings. The van der Waals surface area contributed by atoms with Crippen LogP contribution in [-0.4, -0.2) is 27.0 Å². The number of ether oxygens (including phenoxy) is 1. The molecule has 3 rings (SSSR count). The fraction of sp³-hybridized carbons (Fsp3) is 0.0769. The van der Waals surface area contributed by atoms with Gasteiger partial charge in [0.2, 0.25) is 5.95 Å². The molecule has 2 aromatic heterocycles. The summed E-state index contributed by atoms with van der Waals surface area (Å²) < 4.78 is 5.17. The van der Waals surface area contributed by atoms with E-state index in [1.807, 2.05) is 18.2 Å².